The van der Waals surface area contributed by atoms with Crippen LogP contribution < -0.4 is 20.1 Å². The summed E-state index contributed by atoms with van der Waals surface area (Å²) < 4.78 is 12.1. The van der Waals surface area contributed by atoms with E-state index in [-0.39, 0.29) is 6.04 Å². The molecule has 5 rings (SSSR count). The molecule has 0 bridgehead atoms. The van der Waals surface area contributed by atoms with Crippen molar-refractivity contribution in [3.63, 3.8) is 0 Å². The van der Waals surface area contributed by atoms with Gasteiger partial charge in [-0.3, -0.25) is 4.98 Å². The van der Waals surface area contributed by atoms with E-state index in [1.807, 2.05) is 54.6 Å². The molecule has 1 fully saturated rings. The van der Waals surface area contributed by atoms with E-state index in [9.17, 15) is 0 Å². The Hall–Kier alpha value is -3.46. The number of hydrogen-bond acceptors (Lipinski definition) is 8. The number of hydrogen-bond donors (Lipinski definition) is 2. The van der Waals surface area contributed by atoms with E-state index in [2.05, 4.69) is 37.5 Å². The van der Waals surface area contributed by atoms with Crippen molar-refractivity contribution < 1.29 is 9.47 Å². The number of nitrogens with zero attached hydrogens (tertiary/aromatic N) is 4. The van der Waals surface area contributed by atoms with Crippen LogP contribution in [0.3, 0.4) is 0 Å². The van der Waals surface area contributed by atoms with Gasteiger partial charge in [0.25, 0.3) is 0 Å². The van der Waals surface area contributed by atoms with Crippen LogP contribution in [0, 0.1) is 0 Å². The predicted octanol–water partition coefficient (Wildman–Crippen LogP) is 4.28. The number of piperazine rings is 1. The normalized spacial score (nSPS) is 16.2. The van der Waals surface area contributed by atoms with Crippen molar-refractivity contribution in [3.8, 4) is 11.5 Å². The van der Waals surface area contributed by atoms with Gasteiger partial charge in [-0.2, -0.15) is 0 Å². The number of pyridine rings is 1. The van der Waals surface area contributed by atoms with Gasteiger partial charge in [0.05, 0.1) is 27.7 Å². The average molecular weight is 491 g/mol. The molecule has 1 atom stereocenters. The highest BCUT2D eigenvalue weighted by Gasteiger charge is 2.18. The summed E-state index contributed by atoms with van der Waals surface area (Å²) in [6, 6.07) is 17.4. The summed E-state index contributed by atoms with van der Waals surface area (Å²) in [4.78, 5) is 15.5. The third-order valence-corrected chi connectivity index (χ3v) is 6.12. The van der Waals surface area contributed by atoms with Crippen molar-refractivity contribution in [2.75, 3.05) is 38.6 Å². The Morgan fingerprint density at radius 1 is 1.06 bits per heavy atom. The highest BCUT2D eigenvalue weighted by atomic mass is 35.5. The molecule has 0 saturated carbocycles. The Morgan fingerprint density at radius 3 is 2.83 bits per heavy atom. The van der Waals surface area contributed by atoms with Crippen molar-refractivity contribution in [1.82, 2.24) is 25.2 Å². The number of benzene rings is 2. The van der Waals surface area contributed by atoms with Gasteiger partial charge in [-0.1, -0.05) is 23.7 Å². The van der Waals surface area contributed by atoms with Gasteiger partial charge in [0.1, 0.15) is 36.9 Å². The molecular weight excluding hydrogens is 464 g/mol. The molecule has 0 spiro atoms. The smallest absolute Gasteiger partial charge is 0.145 e. The predicted molar refractivity (Wildman–Crippen MR) is 138 cm³/mol. The first kappa shape index (κ1) is 23.3. The maximum Gasteiger partial charge on any atom is 0.145 e. The second-order valence-electron chi connectivity index (χ2n) is 8.48. The fraction of sp³-hybridized carbons (Fsp3) is 0.269. The topological polar surface area (TPSA) is 84.4 Å². The molecule has 2 N–H and O–H groups in total. The lowest BCUT2D eigenvalue weighted by Gasteiger charge is -2.30. The van der Waals surface area contributed by atoms with Gasteiger partial charge in [0, 0.05) is 31.5 Å². The van der Waals surface area contributed by atoms with Crippen molar-refractivity contribution in [2.24, 2.45) is 0 Å². The minimum atomic E-state index is 0.266. The van der Waals surface area contributed by atoms with Gasteiger partial charge in [0.15, 0.2) is 0 Å². The van der Waals surface area contributed by atoms with E-state index in [4.69, 9.17) is 21.1 Å². The lowest BCUT2D eigenvalue weighted by Crippen LogP contribution is -2.51. The third-order valence-electron chi connectivity index (χ3n) is 5.82. The standard InChI is InChI=1S/C26H27ClN6O2/c1-33-12-11-29-20(14-33)16-35-24-7-4-6-22-25(24)26(31-17-30-22)32-18-8-9-23(21(27)13-18)34-15-19-5-2-3-10-28-19/h2-10,13,17,20,29H,11-12,14-16H2,1H3,(H,30,31,32)/t20-/m0/s1. The maximum absolute atomic E-state index is 6.51. The summed E-state index contributed by atoms with van der Waals surface area (Å²) in [6.45, 7) is 3.85. The minimum Gasteiger partial charge on any atom is -0.491 e. The molecule has 1 aliphatic heterocycles. The fourth-order valence-corrected chi connectivity index (χ4v) is 4.29. The molecule has 8 nitrogen and oxygen atoms in total. The summed E-state index contributed by atoms with van der Waals surface area (Å²) in [5, 5.41) is 8.20. The average Bonchev–Trinajstić information content (AvgIpc) is 2.88. The fourth-order valence-electron chi connectivity index (χ4n) is 4.05. The molecule has 35 heavy (non-hydrogen) atoms. The van der Waals surface area contributed by atoms with Gasteiger partial charge in [0.2, 0.25) is 0 Å². The van der Waals surface area contributed by atoms with Gasteiger partial charge >= 0.3 is 0 Å². The van der Waals surface area contributed by atoms with Crippen molar-refractivity contribution >= 4 is 34.0 Å². The number of fused-ring (bicyclic) bond motifs is 1. The number of anilines is 2. The molecule has 0 aliphatic carbocycles. The number of likely N-dealkylation sites (N-methyl/N-ethyl adjacent to an activating group) is 1. The molecule has 0 amide bonds. The molecular formula is C26H27ClN6O2. The van der Waals surface area contributed by atoms with Crippen LogP contribution in [0.4, 0.5) is 11.5 Å². The zero-order chi connectivity index (χ0) is 24.0. The Labute approximate surface area is 209 Å². The summed E-state index contributed by atoms with van der Waals surface area (Å²) >= 11 is 6.51. The molecule has 2 aromatic heterocycles. The minimum absolute atomic E-state index is 0.266. The van der Waals surface area contributed by atoms with Gasteiger partial charge in [-0.25, -0.2) is 9.97 Å². The lowest BCUT2D eigenvalue weighted by molar-refractivity contribution is 0.181. The van der Waals surface area contributed by atoms with E-state index in [0.717, 1.165) is 47.7 Å². The first-order valence-corrected chi connectivity index (χ1v) is 11.9. The van der Waals surface area contributed by atoms with Crippen LogP contribution in [0.2, 0.25) is 5.02 Å². The van der Waals surface area contributed by atoms with Crippen LogP contribution in [0.25, 0.3) is 10.9 Å². The highest BCUT2D eigenvalue weighted by Crippen LogP contribution is 2.34. The lowest BCUT2D eigenvalue weighted by atomic mass is 10.2. The highest BCUT2D eigenvalue weighted by molar-refractivity contribution is 6.32. The second kappa shape index (κ2) is 10.9. The van der Waals surface area contributed by atoms with Crippen LogP contribution in [0.15, 0.2) is 67.1 Å². The number of rotatable bonds is 8. The van der Waals surface area contributed by atoms with Gasteiger partial charge in [-0.15, -0.1) is 0 Å². The Morgan fingerprint density at radius 2 is 2.00 bits per heavy atom. The number of ether oxygens (including phenoxy) is 2. The zero-order valence-corrected chi connectivity index (χ0v) is 20.2. The summed E-state index contributed by atoms with van der Waals surface area (Å²) in [5.74, 6) is 1.98. The van der Waals surface area contributed by atoms with Crippen molar-refractivity contribution in [1.29, 1.82) is 0 Å². The number of halogens is 1. The quantitative estimate of drug-likeness (QED) is 0.378. The largest absolute Gasteiger partial charge is 0.491 e. The Kier molecular flexibility index (Phi) is 7.23. The number of nitrogens with one attached hydrogen (secondary N) is 2. The van der Waals surface area contributed by atoms with E-state index in [0.29, 0.717) is 29.8 Å². The Balaban J connectivity index is 1.32. The summed E-state index contributed by atoms with van der Waals surface area (Å²) in [7, 11) is 2.13. The molecule has 180 valence electrons. The summed E-state index contributed by atoms with van der Waals surface area (Å²) in [5.41, 5.74) is 2.42. The zero-order valence-electron chi connectivity index (χ0n) is 19.4. The first-order chi connectivity index (χ1) is 17.2. The second-order valence-corrected chi connectivity index (χ2v) is 8.88. The van der Waals surface area contributed by atoms with E-state index in [1.54, 1.807) is 6.20 Å². The first-order valence-electron chi connectivity index (χ1n) is 11.5. The molecule has 4 aromatic rings. The molecule has 3 heterocycles. The van der Waals surface area contributed by atoms with E-state index < -0.39 is 0 Å². The molecule has 2 aromatic carbocycles. The Bertz CT molecular complexity index is 1280. The van der Waals surface area contributed by atoms with Crippen molar-refractivity contribution in [3.05, 3.63) is 77.8 Å². The van der Waals surface area contributed by atoms with Crippen LogP contribution >= 0.6 is 11.6 Å². The van der Waals surface area contributed by atoms with Crippen LogP contribution in [-0.4, -0.2) is 59.2 Å². The van der Waals surface area contributed by atoms with Crippen LogP contribution in [-0.2, 0) is 6.61 Å². The number of aromatic nitrogens is 3. The van der Waals surface area contributed by atoms with E-state index >= 15 is 0 Å². The van der Waals surface area contributed by atoms with E-state index in [1.165, 1.54) is 6.33 Å². The van der Waals surface area contributed by atoms with Gasteiger partial charge in [-0.05, 0) is 49.5 Å². The molecule has 1 aliphatic rings. The molecule has 1 saturated heterocycles. The SMILES string of the molecule is CN1CCN[C@H](COc2cccc3ncnc(Nc4ccc(OCc5ccccn5)c(Cl)c4)c23)C1. The monoisotopic (exact) mass is 490 g/mol. The molecule has 0 unspecified atom stereocenters. The molecule has 0 radical (unpaired) electrons. The van der Waals surface area contributed by atoms with Gasteiger partial charge < -0.3 is 25.0 Å². The van der Waals surface area contributed by atoms with Crippen molar-refractivity contribution in [2.45, 2.75) is 12.6 Å². The molecule has 9 heteroatoms. The van der Waals surface area contributed by atoms with Crippen LogP contribution in [0.5, 0.6) is 11.5 Å². The van der Waals surface area contributed by atoms with Crippen LogP contribution in [0.1, 0.15) is 5.69 Å². The maximum atomic E-state index is 6.51. The third kappa shape index (κ3) is 5.79. The summed E-state index contributed by atoms with van der Waals surface area (Å²) in [6.07, 6.45) is 3.28.